The highest BCUT2D eigenvalue weighted by molar-refractivity contribution is 5.64. The van der Waals surface area contributed by atoms with Gasteiger partial charge in [-0.05, 0) is 20.5 Å². The molecule has 0 amide bonds. The van der Waals surface area contributed by atoms with Gasteiger partial charge in [-0.3, -0.25) is 4.68 Å². The fourth-order valence-corrected chi connectivity index (χ4v) is 1.46. The fourth-order valence-electron chi connectivity index (χ4n) is 1.46. The maximum absolute atomic E-state index is 5.97. The number of nitrogen functional groups attached to an aromatic ring is 1. The van der Waals surface area contributed by atoms with Crippen LogP contribution in [-0.4, -0.2) is 41.9 Å². The van der Waals surface area contributed by atoms with Crippen molar-refractivity contribution in [3.8, 4) is 0 Å². The maximum atomic E-state index is 5.97. The number of rotatable bonds is 5. The van der Waals surface area contributed by atoms with Gasteiger partial charge in [0.05, 0.1) is 11.4 Å². The number of aromatic nitrogens is 2. The van der Waals surface area contributed by atoms with Crippen molar-refractivity contribution in [2.75, 3.05) is 38.2 Å². The zero-order valence-corrected chi connectivity index (χ0v) is 10.0. The fraction of sp³-hybridized carbons (Fsp3) is 0.700. The third kappa shape index (κ3) is 2.86. The van der Waals surface area contributed by atoms with E-state index < -0.39 is 0 Å². The van der Waals surface area contributed by atoms with Crippen LogP contribution in [0, 0.1) is 0 Å². The molecular formula is C10H21N5. The van der Waals surface area contributed by atoms with Gasteiger partial charge < -0.3 is 16.0 Å². The summed E-state index contributed by atoms with van der Waals surface area (Å²) < 4.78 is 1.81. The second-order valence-electron chi connectivity index (χ2n) is 3.92. The number of nitrogens with two attached hydrogens (primary N) is 1. The highest BCUT2D eigenvalue weighted by Gasteiger charge is 2.10. The summed E-state index contributed by atoms with van der Waals surface area (Å²) in [6.45, 7) is 3.91. The molecule has 3 N–H and O–H groups in total. The zero-order valence-electron chi connectivity index (χ0n) is 10.0. The molecule has 0 saturated heterocycles. The average molecular weight is 211 g/mol. The third-order valence-corrected chi connectivity index (χ3v) is 2.35. The lowest BCUT2D eigenvalue weighted by Crippen LogP contribution is -2.22. The molecule has 15 heavy (non-hydrogen) atoms. The Hall–Kier alpha value is -1.23. The average Bonchev–Trinajstić information content (AvgIpc) is 2.44. The minimum Gasteiger partial charge on any atom is -0.394 e. The first-order chi connectivity index (χ1) is 7.06. The van der Waals surface area contributed by atoms with E-state index in [9.17, 15) is 0 Å². The summed E-state index contributed by atoms with van der Waals surface area (Å²) >= 11 is 0. The van der Waals surface area contributed by atoms with E-state index in [0.29, 0.717) is 0 Å². The Morgan fingerprint density at radius 2 is 2.13 bits per heavy atom. The van der Waals surface area contributed by atoms with Crippen molar-refractivity contribution in [2.24, 2.45) is 7.05 Å². The van der Waals surface area contributed by atoms with Gasteiger partial charge in [-0.2, -0.15) is 5.10 Å². The van der Waals surface area contributed by atoms with Crippen molar-refractivity contribution in [3.05, 3.63) is 5.69 Å². The van der Waals surface area contributed by atoms with Gasteiger partial charge in [0.1, 0.15) is 5.82 Å². The molecule has 1 heterocycles. The Labute approximate surface area is 91.2 Å². The predicted molar refractivity (Wildman–Crippen MR) is 64.0 cm³/mol. The number of nitrogens with zero attached hydrogens (tertiary/aromatic N) is 3. The maximum Gasteiger partial charge on any atom is 0.147 e. The van der Waals surface area contributed by atoms with Gasteiger partial charge >= 0.3 is 0 Å². The number of nitrogens with one attached hydrogen (secondary N) is 1. The molecule has 0 aromatic carbocycles. The van der Waals surface area contributed by atoms with Crippen molar-refractivity contribution in [1.29, 1.82) is 0 Å². The van der Waals surface area contributed by atoms with E-state index in [1.165, 1.54) is 0 Å². The standard InChI is InChI=1S/C10H21N5/c1-5-8-9(11)10(15(4)13-8)12-6-7-14(2)3/h12H,5-7,11H2,1-4H3. The van der Waals surface area contributed by atoms with Gasteiger partial charge in [-0.25, -0.2) is 0 Å². The van der Waals surface area contributed by atoms with Crippen LogP contribution in [0.5, 0.6) is 0 Å². The SMILES string of the molecule is CCc1nn(C)c(NCCN(C)C)c1N. The van der Waals surface area contributed by atoms with Crippen LogP contribution in [0.2, 0.25) is 0 Å². The summed E-state index contributed by atoms with van der Waals surface area (Å²) in [7, 11) is 6.00. The van der Waals surface area contributed by atoms with Crippen LogP contribution in [0.1, 0.15) is 12.6 Å². The summed E-state index contributed by atoms with van der Waals surface area (Å²) in [5.41, 5.74) is 7.71. The lowest BCUT2D eigenvalue weighted by Gasteiger charge is -2.11. The van der Waals surface area contributed by atoms with E-state index in [1.54, 1.807) is 0 Å². The van der Waals surface area contributed by atoms with Crippen LogP contribution in [0.3, 0.4) is 0 Å². The van der Waals surface area contributed by atoms with Gasteiger partial charge in [0, 0.05) is 20.1 Å². The molecule has 0 bridgehead atoms. The van der Waals surface area contributed by atoms with Crippen LogP contribution >= 0.6 is 0 Å². The summed E-state index contributed by atoms with van der Waals surface area (Å²) in [5, 5.41) is 7.64. The molecule has 1 rings (SSSR count). The van der Waals surface area contributed by atoms with Crippen molar-refractivity contribution in [2.45, 2.75) is 13.3 Å². The largest absolute Gasteiger partial charge is 0.394 e. The van der Waals surface area contributed by atoms with E-state index in [-0.39, 0.29) is 0 Å². The van der Waals surface area contributed by atoms with Crippen molar-refractivity contribution < 1.29 is 0 Å². The zero-order chi connectivity index (χ0) is 11.4. The molecule has 0 aliphatic heterocycles. The van der Waals surface area contributed by atoms with Crippen molar-refractivity contribution in [3.63, 3.8) is 0 Å². The Morgan fingerprint density at radius 1 is 1.47 bits per heavy atom. The van der Waals surface area contributed by atoms with Crippen LogP contribution in [-0.2, 0) is 13.5 Å². The monoisotopic (exact) mass is 211 g/mol. The molecule has 0 unspecified atom stereocenters. The second-order valence-corrected chi connectivity index (χ2v) is 3.92. The topological polar surface area (TPSA) is 59.1 Å². The molecular weight excluding hydrogens is 190 g/mol. The summed E-state index contributed by atoms with van der Waals surface area (Å²) in [5.74, 6) is 0.925. The van der Waals surface area contributed by atoms with E-state index >= 15 is 0 Å². The molecule has 86 valence electrons. The van der Waals surface area contributed by atoms with E-state index in [4.69, 9.17) is 5.73 Å². The first-order valence-corrected chi connectivity index (χ1v) is 5.26. The molecule has 5 nitrogen and oxygen atoms in total. The summed E-state index contributed by atoms with van der Waals surface area (Å²) in [4.78, 5) is 2.13. The van der Waals surface area contributed by atoms with E-state index in [1.807, 2.05) is 25.8 Å². The molecule has 1 aromatic rings. The second kappa shape index (κ2) is 5.02. The smallest absolute Gasteiger partial charge is 0.147 e. The van der Waals surface area contributed by atoms with Crippen LogP contribution in [0.25, 0.3) is 0 Å². The van der Waals surface area contributed by atoms with Crippen LogP contribution < -0.4 is 11.1 Å². The molecule has 0 saturated carbocycles. The molecule has 1 aromatic heterocycles. The number of aryl methyl sites for hydroxylation is 2. The van der Waals surface area contributed by atoms with Gasteiger partial charge in [0.2, 0.25) is 0 Å². The normalized spacial score (nSPS) is 11.0. The molecule has 0 radical (unpaired) electrons. The molecule has 0 fully saturated rings. The summed E-state index contributed by atoms with van der Waals surface area (Å²) in [6, 6.07) is 0. The third-order valence-electron chi connectivity index (χ3n) is 2.35. The molecule has 0 aliphatic rings. The number of hydrogen-bond donors (Lipinski definition) is 2. The van der Waals surface area contributed by atoms with Gasteiger partial charge in [-0.15, -0.1) is 0 Å². The number of hydrogen-bond acceptors (Lipinski definition) is 4. The molecule has 0 atom stereocenters. The Balaban J connectivity index is 2.64. The van der Waals surface area contributed by atoms with Gasteiger partial charge in [0.15, 0.2) is 0 Å². The predicted octanol–water partition coefficient (Wildman–Crippen LogP) is 0.538. The summed E-state index contributed by atoms with van der Waals surface area (Å²) in [6.07, 6.45) is 0.870. The Bertz CT molecular complexity index is 316. The van der Waals surface area contributed by atoms with E-state index in [0.717, 1.165) is 36.7 Å². The van der Waals surface area contributed by atoms with Gasteiger partial charge in [0.25, 0.3) is 0 Å². The minimum absolute atomic E-state index is 0.777. The Morgan fingerprint density at radius 3 is 2.60 bits per heavy atom. The molecule has 0 spiro atoms. The molecule has 0 aliphatic carbocycles. The first kappa shape index (κ1) is 11.8. The van der Waals surface area contributed by atoms with Gasteiger partial charge in [-0.1, -0.05) is 6.92 Å². The van der Waals surface area contributed by atoms with Crippen molar-refractivity contribution in [1.82, 2.24) is 14.7 Å². The quantitative estimate of drug-likeness (QED) is 0.746. The van der Waals surface area contributed by atoms with Crippen molar-refractivity contribution >= 4 is 11.5 Å². The van der Waals surface area contributed by atoms with Crippen LogP contribution in [0.4, 0.5) is 11.5 Å². The lowest BCUT2D eigenvalue weighted by atomic mass is 10.3. The highest BCUT2D eigenvalue weighted by atomic mass is 15.3. The number of likely N-dealkylation sites (N-methyl/N-ethyl adjacent to an activating group) is 1. The van der Waals surface area contributed by atoms with E-state index in [2.05, 4.69) is 22.2 Å². The first-order valence-electron chi connectivity index (χ1n) is 5.26. The molecule has 5 heteroatoms. The highest BCUT2D eigenvalue weighted by Crippen LogP contribution is 2.21. The lowest BCUT2D eigenvalue weighted by molar-refractivity contribution is 0.425. The minimum atomic E-state index is 0.777. The van der Waals surface area contributed by atoms with Crippen LogP contribution in [0.15, 0.2) is 0 Å². The Kier molecular flexibility index (Phi) is 3.96. The number of anilines is 2.